The second-order valence-corrected chi connectivity index (χ2v) is 5.19. The maximum Gasteiger partial charge on any atom is 0.00673 e. The first-order valence-electron chi connectivity index (χ1n) is 6.29. The van der Waals surface area contributed by atoms with E-state index in [2.05, 4.69) is 17.6 Å². The summed E-state index contributed by atoms with van der Waals surface area (Å²) in [6.45, 7) is 6.02. The lowest BCUT2D eigenvalue weighted by atomic mass is 9.81. The summed E-state index contributed by atoms with van der Waals surface area (Å²) >= 11 is 0. The van der Waals surface area contributed by atoms with Crippen LogP contribution in [-0.4, -0.2) is 25.7 Å². The zero-order chi connectivity index (χ0) is 9.86. The van der Waals surface area contributed by atoms with Crippen LogP contribution in [0.3, 0.4) is 0 Å². The zero-order valence-electron chi connectivity index (χ0n) is 9.44. The predicted molar refractivity (Wildman–Crippen MR) is 60.5 cm³/mol. The van der Waals surface area contributed by atoms with E-state index in [1.54, 1.807) is 0 Å². The van der Waals surface area contributed by atoms with Crippen molar-refractivity contribution in [3.63, 3.8) is 0 Å². The van der Waals surface area contributed by atoms with E-state index in [1.165, 1.54) is 58.2 Å². The van der Waals surface area contributed by atoms with Gasteiger partial charge in [0.2, 0.25) is 0 Å². The number of nitrogens with one attached hydrogen (secondary N) is 2. The van der Waals surface area contributed by atoms with Gasteiger partial charge in [0.25, 0.3) is 0 Å². The van der Waals surface area contributed by atoms with Gasteiger partial charge in [-0.3, -0.25) is 0 Å². The van der Waals surface area contributed by atoms with Gasteiger partial charge in [-0.2, -0.15) is 0 Å². The van der Waals surface area contributed by atoms with Gasteiger partial charge in [-0.05, 0) is 37.6 Å². The third-order valence-electron chi connectivity index (χ3n) is 3.98. The minimum atomic E-state index is 0.588. The van der Waals surface area contributed by atoms with Gasteiger partial charge in [0.1, 0.15) is 0 Å². The molecular weight excluding hydrogens is 172 g/mol. The molecular formula is C12H24N2. The van der Waals surface area contributed by atoms with Crippen LogP contribution in [0, 0.1) is 5.41 Å². The van der Waals surface area contributed by atoms with Crippen LogP contribution in [0.25, 0.3) is 0 Å². The number of hydrogen-bond acceptors (Lipinski definition) is 2. The molecule has 0 radical (unpaired) electrons. The fourth-order valence-corrected chi connectivity index (χ4v) is 2.75. The summed E-state index contributed by atoms with van der Waals surface area (Å²) in [5.41, 5.74) is 0.588. The Hall–Kier alpha value is -0.0800. The molecule has 2 heteroatoms. The molecule has 1 saturated carbocycles. The molecule has 1 atom stereocenters. The largest absolute Gasteiger partial charge is 0.316 e. The summed E-state index contributed by atoms with van der Waals surface area (Å²) in [5, 5.41) is 7.26. The molecule has 1 aliphatic heterocycles. The second-order valence-electron chi connectivity index (χ2n) is 5.19. The molecule has 2 nitrogen and oxygen atoms in total. The molecule has 2 fully saturated rings. The molecule has 1 unspecified atom stereocenters. The summed E-state index contributed by atoms with van der Waals surface area (Å²) in [4.78, 5) is 0. The van der Waals surface area contributed by atoms with E-state index in [0.29, 0.717) is 5.41 Å². The summed E-state index contributed by atoms with van der Waals surface area (Å²) in [7, 11) is 0. The first kappa shape index (κ1) is 10.4. The summed E-state index contributed by atoms with van der Waals surface area (Å²) in [6, 6.07) is 0.851. The van der Waals surface area contributed by atoms with Crippen molar-refractivity contribution in [2.24, 2.45) is 5.41 Å². The van der Waals surface area contributed by atoms with E-state index < -0.39 is 0 Å². The van der Waals surface area contributed by atoms with Gasteiger partial charge in [0, 0.05) is 19.1 Å². The van der Waals surface area contributed by atoms with Gasteiger partial charge in [0.05, 0.1) is 0 Å². The smallest absolute Gasteiger partial charge is 0.00673 e. The normalized spacial score (nSPS) is 33.2. The first-order valence-corrected chi connectivity index (χ1v) is 6.29. The van der Waals surface area contributed by atoms with Crippen molar-refractivity contribution in [3.8, 4) is 0 Å². The van der Waals surface area contributed by atoms with Crippen LogP contribution in [0.4, 0.5) is 0 Å². The van der Waals surface area contributed by atoms with E-state index in [1.807, 2.05) is 0 Å². The molecule has 0 bridgehead atoms. The van der Waals surface area contributed by atoms with Crippen molar-refractivity contribution < 1.29 is 0 Å². The van der Waals surface area contributed by atoms with Crippen LogP contribution in [0.5, 0.6) is 0 Å². The molecule has 0 amide bonds. The van der Waals surface area contributed by atoms with Crippen LogP contribution < -0.4 is 10.6 Å². The van der Waals surface area contributed by atoms with Crippen LogP contribution in [0.15, 0.2) is 0 Å². The average molecular weight is 196 g/mol. The predicted octanol–water partition coefficient (Wildman–Crippen LogP) is 1.91. The van der Waals surface area contributed by atoms with Gasteiger partial charge >= 0.3 is 0 Å². The van der Waals surface area contributed by atoms with Crippen LogP contribution in [0.1, 0.15) is 45.4 Å². The Bertz CT molecular complexity index is 169. The molecule has 82 valence electrons. The van der Waals surface area contributed by atoms with Crippen LogP contribution in [-0.2, 0) is 0 Å². The van der Waals surface area contributed by atoms with Gasteiger partial charge in [-0.15, -0.1) is 0 Å². The summed E-state index contributed by atoms with van der Waals surface area (Å²) in [6.07, 6.45) is 8.36. The Labute approximate surface area is 87.8 Å². The summed E-state index contributed by atoms with van der Waals surface area (Å²) < 4.78 is 0. The number of hydrogen-bond donors (Lipinski definition) is 2. The minimum Gasteiger partial charge on any atom is -0.316 e. The fourth-order valence-electron chi connectivity index (χ4n) is 2.75. The lowest BCUT2D eigenvalue weighted by Crippen LogP contribution is -2.43. The fraction of sp³-hybridized carbons (Fsp3) is 1.00. The molecule has 2 N–H and O–H groups in total. The third-order valence-corrected chi connectivity index (χ3v) is 3.98. The lowest BCUT2D eigenvalue weighted by Gasteiger charge is -2.34. The molecule has 0 aromatic rings. The van der Waals surface area contributed by atoms with Gasteiger partial charge in [-0.25, -0.2) is 0 Å². The highest BCUT2D eigenvalue weighted by molar-refractivity contribution is 4.91. The Kier molecular flexibility index (Phi) is 3.45. The Balaban J connectivity index is 1.77. The highest BCUT2D eigenvalue weighted by Crippen LogP contribution is 2.31. The maximum absolute atomic E-state index is 3.75. The second kappa shape index (κ2) is 4.63. The highest BCUT2D eigenvalue weighted by Gasteiger charge is 2.33. The zero-order valence-corrected chi connectivity index (χ0v) is 9.44. The van der Waals surface area contributed by atoms with Gasteiger partial charge < -0.3 is 10.6 Å². The van der Waals surface area contributed by atoms with Gasteiger partial charge in [-0.1, -0.05) is 19.8 Å². The molecule has 14 heavy (non-hydrogen) atoms. The SMILES string of the molecule is CCCC1(CNC2CCC2)CCNC1. The van der Waals surface area contributed by atoms with Crippen molar-refractivity contribution in [2.45, 2.75) is 51.5 Å². The highest BCUT2D eigenvalue weighted by atomic mass is 15.0. The molecule has 1 aliphatic carbocycles. The third kappa shape index (κ3) is 2.29. The van der Waals surface area contributed by atoms with E-state index >= 15 is 0 Å². The molecule has 0 spiro atoms. The first-order chi connectivity index (χ1) is 6.85. The molecule has 0 aromatic carbocycles. The Morgan fingerprint density at radius 3 is 2.79 bits per heavy atom. The van der Waals surface area contributed by atoms with E-state index in [9.17, 15) is 0 Å². The van der Waals surface area contributed by atoms with E-state index in [4.69, 9.17) is 0 Å². The van der Waals surface area contributed by atoms with Crippen molar-refractivity contribution in [3.05, 3.63) is 0 Å². The van der Waals surface area contributed by atoms with E-state index in [-0.39, 0.29) is 0 Å². The van der Waals surface area contributed by atoms with Crippen LogP contribution in [0.2, 0.25) is 0 Å². The molecule has 1 saturated heterocycles. The number of rotatable bonds is 5. The average Bonchev–Trinajstić information content (AvgIpc) is 2.52. The Morgan fingerprint density at radius 1 is 1.43 bits per heavy atom. The summed E-state index contributed by atoms with van der Waals surface area (Å²) in [5.74, 6) is 0. The standard InChI is InChI=1S/C12H24N2/c1-2-6-12(7-8-13-9-12)10-14-11-4-3-5-11/h11,13-14H,2-10H2,1H3. The maximum atomic E-state index is 3.75. The van der Waals surface area contributed by atoms with Crippen molar-refractivity contribution in [2.75, 3.05) is 19.6 Å². The molecule has 2 aliphatic rings. The molecule has 0 aromatic heterocycles. The molecule has 1 heterocycles. The van der Waals surface area contributed by atoms with Crippen molar-refractivity contribution in [1.82, 2.24) is 10.6 Å². The quantitative estimate of drug-likeness (QED) is 0.702. The van der Waals surface area contributed by atoms with Crippen molar-refractivity contribution >= 4 is 0 Å². The van der Waals surface area contributed by atoms with Crippen molar-refractivity contribution in [1.29, 1.82) is 0 Å². The lowest BCUT2D eigenvalue weighted by molar-refractivity contribution is 0.233. The minimum absolute atomic E-state index is 0.588. The van der Waals surface area contributed by atoms with Gasteiger partial charge in [0.15, 0.2) is 0 Å². The van der Waals surface area contributed by atoms with E-state index in [0.717, 1.165) is 6.04 Å². The Morgan fingerprint density at radius 2 is 2.29 bits per heavy atom. The van der Waals surface area contributed by atoms with Crippen LogP contribution >= 0.6 is 0 Å². The monoisotopic (exact) mass is 196 g/mol. The topological polar surface area (TPSA) is 24.1 Å². The molecule has 2 rings (SSSR count).